The molecule has 5 aromatic rings. The van der Waals surface area contributed by atoms with Gasteiger partial charge in [0.15, 0.2) is 5.82 Å². The molecule has 2 N–H and O–H groups in total. The molecule has 0 spiro atoms. The average molecular weight is 452 g/mol. The molecule has 5 rings (SSSR count). The van der Waals surface area contributed by atoms with Crippen LogP contribution in [0, 0.1) is 0 Å². The summed E-state index contributed by atoms with van der Waals surface area (Å²) in [4.78, 5) is 20.7. The Hall–Kier alpha value is -4.39. The van der Waals surface area contributed by atoms with Crippen molar-refractivity contribution < 1.29 is 9.53 Å². The largest absolute Gasteiger partial charge is 0.497 e. The smallest absolute Gasteiger partial charge is 0.220 e. The lowest BCUT2D eigenvalue weighted by atomic mass is 10.0. The van der Waals surface area contributed by atoms with Crippen LogP contribution in [-0.2, 0) is 17.8 Å². The van der Waals surface area contributed by atoms with E-state index in [-0.39, 0.29) is 5.91 Å². The normalized spacial score (nSPS) is 11.0. The van der Waals surface area contributed by atoms with Crippen molar-refractivity contribution in [1.29, 1.82) is 0 Å². The molecule has 0 saturated carbocycles. The van der Waals surface area contributed by atoms with Crippen LogP contribution >= 0.6 is 0 Å². The van der Waals surface area contributed by atoms with E-state index in [2.05, 4.69) is 32.5 Å². The third kappa shape index (κ3) is 4.41. The first kappa shape index (κ1) is 21.5. The van der Waals surface area contributed by atoms with E-state index < -0.39 is 0 Å². The summed E-state index contributed by atoms with van der Waals surface area (Å²) in [6.07, 6.45) is 6.27. The average Bonchev–Trinajstić information content (AvgIpc) is 3.55. The predicted octanol–water partition coefficient (Wildman–Crippen LogP) is 4.67. The monoisotopic (exact) mass is 451 g/mol. The van der Waals surface area contributed by atoms with Crippen molar-refractivity contribution >= 4 is 16.8 Å². The van der Waals surface area contributed by atoms with E-state index in [1.165, 1.54) is 0 Å². The van der Waals surface area contributed by atoms with Crippen LogP contribution in [0.3, 0.4) is 0 Å². The fourth-order valence-corrected chi connectivity index (χ4v) is 4.15. The van der Waals surface area contributed by atoms with Crippen molar-refractivity contribution in [1.82, 2.24) is 25.1 Å². The maximum atomic E-state index is 12.8. The zero-order valence-corrected chi connectivity index (χ0v) is 18.9. The quantitative estimate of drug-likeness (QED) is 0.359. The number of methoxy groups -OCH3 is 1. The van der Waals surface area contributed by atoms with Crippen LogP contribution in [0.1, 0.15) is 17.5 Å². The Morgan fingerprint density at radius 3 is 2.68 bits per heavy atom. The molecule has 170 valence electrons. The van der Waals surface area contributed by atoms with Gasteiger partial charge in [0.2, 0.25) is 5.91 Å². The lowest BCUT2D eigenvalue weighted by Crippen LogP contribution is -2.24. The van der Waals surface area contributed by atoms with Crippen molar-refractivity contribution in [3.8, 4) is 22.8 Å². The molecule has 0 radical (unpaired) electrons. The molecule has 2 aromatic carbocycles. The molecular formula is C27H25N5O2. The van der Waals surface area contributed by atoms with Gasteiger partial charge in [-0.3, -0.25) is 4.79 Å². The van der Waals surface area contributed by atoms with Crippen LogP contribution in [-0.4, -0.2) is 32.8 Å². The number of ether oxygens (including phenoxy) is 1. The molecule has 3 heterocycles. The molecule has 7 heteroatoms. The fourth-order valence-electron chi connectivity index (χ4n) is 4.15. The molecule has 34 heavy (non-hydrogen) atoms. The van der Waals surface area contributed by atoms with Crippen LogP contribution in [0.15, 0.2) is 85.3 Å². The molecule has 3 aromatic heterocycles. The summed E-state index contributed by atoms with van der Waals surface area (Å²) in [5.41, 5.74) is 5.19. The minimum atomic E-state index is -0.0127. The number of aromatic nitrogens is 4. The Bertz CT molecular complexity index is 1410. The summed E-state index contributed by atoms with van der Waals surface area (Å²) in [5, 5.41) is 8.43. The van der Waals surface area contributed by atoms with E-state index >= 15 is 0 Å². The van der Waals surface area contributed by atoms with E-state index in [4.69, 9.17) is 4.74 Å². The number of hydrogen-bond donors (Lipinski definition) is 2. The first-order chi connectivity index (χ1) is 16.7. The molecule has 0 bridgehead atoms. The van der Waals surface area contributed by atoms with E-state index in [1.807, 2.05) is 60.8 Å². The number of aryl methyl sites for hydroxylation is 1. The molecule has 1 amide bonds. The molecule has 0 aliphatic heterocycles. The summed E-state index contributed by atoms with van der Waals surface area (Å²) in [5.74, 6) is 1.51. The van der Waals surface area contributed by atoms with Crippen LogP contribution < -0.4 is 10.1 Å². The number of nitrogens with zero attached hydrogens (tertiary/aromatic N) is 3. The lowest BCUT2D eigenvalue weighted by Gasteiger charge is -2.10. The second kappa shape index (κ2) is 9.62. The number of benzene rings is 2. The van der Waals surface area contributed by atoms with E-state index in [0.717, 1.165) is 39.0 Å². The van der Waals surface area contributed by atoms with Crippen LogP contribution in [0.4, 0.5) is 0 Å². The molecule has 0 fully saturated rings. The Morgan fingerprint density at radius 1 is 1.03 bits per heavy atom. The number of carbonyl (C=O) groups excluding carboxylic acids is 1. The number of carbonyl (C=O) groups is 1. The summed E-state index contributed by atoms with van der Waals surface area (Å²) in [6, 6.07) is 21.8. The molecule has 0 aliphatic rings. The van der Waals surface area contributed by atoms with Gasteiger partial charge in [-0.05, 0) is 60.0 Å². The van der Waals surface area contributed by atoms with Crippen molar-refractivity contribution in [3.05, 3.63) is 96.4 Å². The van der Waals surface area contributed by atoms with Gasteiger partial charge in [-0.15, -0.1) is 0 Å². The number of pyridine rings is 1. The van der Waals surface area contributed by atoms with Gasteiger partial charge in [0.1, 0.15) is 5.75 Å². The van der Waals surface area contributed by atoms with Crippen molar-refractivity contribution in [2.45, 2.75) is 19.4 Å². The minimum absolute atomic E-state index is 0.0127. The Morgan fingerprint density at radius 2 is 1.88 bits per heavy atom. The van der Waals surface area contributed by atoms with Gasteiger partial charge in [-0.25, -0.2) is 9.67 Å². The Labute approximate surface area is 197 Å². The summed E-state index contributed by atoms with van der Waals surface area (Å²) in [7, 11) is 1.66. The topological polar surface area (TPSA) is 84.8 Å². The maximum Gasteiger partial charge on any atom is 0.220 e. The molecule has 0 saturated heterocycles. The van der Waals surface area contributed by atoms with Gasteiger partial charge in [0.05, 0.1) is 7.11 Å². The van der Waals surface area contributed by atoms with Crippen LogP contribution in [0.25, 0.3) is 28.0 Å². The number of rotatable bonds is 8. The number of fused-ring (bicyclic) bond motifs is 1. The second-order valence-electron chi connectivity index (χ2n) is 7.97. The summed E-state index contributed by atoms with van der Waals surface area (Å²) in [6.45, 7) is 0.390. The lowest BCUT2D eigenvalue weighted by molar-refractivity contribution is -0.121. The van der Waals surface area contributed by atoms with Crippen LogP contribution in [0.2, 0.25) is 0 Å². The molecule has 0 unspecified atom stereocenters. The molecular weight excluding hydrogens is 426 g/mol. The zero-order valence-electron chi connectivity index (χ0n) is 18.9. The fraction of sp³-hybridized carbons (Fsp3) is 0.148. The molecule has 7 nitrogen and oxygen atoms in total. The van der Waals surface area contributed by atoms with Gasteiger partial charge in [-0.1, -0.05) is 24.3 Å². The minimum Gasteiger partial charge on any atom is -0.497 e. The zero-order chi connectivity index (χ0) is 23.3. The highest BCUT2D eigenvalue weighted by Crippen LogP contribution is 2.32. The third-order valence-electron chi connectivity index (χ3n) is 5.86. The summed E-state index contributed by atoms with van der Waals surface area (Å²) < 4.78 is 7.00. The Balaban J connectivity index is 1.32. The van der Waals surface area contributed by atoms with Crippen molar-refractivity contribution in [2.24, 2.45) is 0 Å². The van der Waals surface area contributed by atoms with Gasteiger partial charge in [-0.2, -0.15) is 5.10 Å². The van der Waals surface area contributed by atoms with Gasteiger partial charge < -0.3 is 15.0 Å². The van der Waals surface area contributed by atoms with Gasteiger partial charge >= 0.3 is 0 Å². The number of amides is 1. The predicted molar refractivity (Wildman–Crippen MR) is 132 cm³/mol. The number of H-pyrrole nitrogens is 1. The van der Waals surface area contributed by atoms with E-state index in [9.17, 15) is 4.79 Å². The third-order valence-corrected chi connectivity index (χ3v) is 5.86. The number of nitrogens with one attached hydrogen (secondary N) is 2. The maximum absolute atomic E-state index is 12.8. The number of para-hydroxylation sites is 1. The first-order valence-electron chi connectivity index (χ1n) is 11.2. The van der Waals surface area contributed by atoms with E-state index in [0.29, 0.717) is 25.2 Å². The number of aromatic amines is 1. The highest BCUT2D eigenvalue weighted by molar-refractivity contribution is 5.91. The Kier molecular flexibility index (Phi) is 6.07. The van der Waals surface area contributed by atoms with Crippen molar-refractivity contribution in [2.75, 3.05) is 7.11 Å². The second-order valence-corrected chi connectivity index (χ2v) is 7.97. The molecule has 0 atom stereocenters. The first-order valence-corrected chi connectivity index (χ1v) is 11.2. The van der Waals surface area contributed by atoms with Gasteiger partial charge in [0.25, 0.3) is 0 Å². The van der Waals surface area contributed by atoms with Gasteiger partial charge in [0, 0.05) is 53.7 Å². The highest BCUT2D eigenvalue weighted by atomic mass is 16.5. The van der Waals surface area contributed by atoms with Crippen molar-refractivity contribution in [3.63, 3.8) is 0 Å². The SMILES string of the molecule is COc1ccc(-c2[nH]c3ccccc3c2CCC(=O)NCc2cccnc2-n2cccn2)cc1. The standard InChI is InChI=1S/C27H25N5O2/c1-34-21-11-9-19(10-12-21)26-23(22-7-2-3-8-24(22)31-26)13-14-25(33)29-18-20-6-4-15-28-27(20)32-17-5-16-30-32/h2-12,15-17,31H,13-14,18H2,1H3,(H,29,33). The van der Waals surface area contributed by atoms with E-state index in [1.54, 1.807) is 24.2 Å². The number of hydrogen-bond acceptors (Lipinski definition) is 4. The van der Waals surface area contributed by atoms with Crippen LogP contribution in [0.5, 0.6) is 5.75 Å². The highest BCUT2D eigenvalue weighted by Gasteiger charge is 2.15. The summed E-state index contributed by atoms with van der Waals surface area (Å²) >= 11 is 0. The molecule has 0 aliphatic carbocycles.